The number of aryl methyl sites for hydroxylation is 1. The molecule has 9 nitrogen and oxygen atoms in total. The molecule has 38 heavy (non-hydrogen) atoms. The summed E-state index contributed by atoms with van der Waals surface area (Å²) in [7, 11) is 1.50. The number of halogens is 1. The van der Waals surface area contributed by atoms with Crippen molar-refractivity contribution in [3.63, 3.8) is 0 Å². The van der Waals surface area contributed by atoms with E-state index in [1.807, 2.05) is 37.3 Å². The van der Waals surface area contributed by atoms with Crippen LogP contribution in [0.15, 0.2) is 66.7 Å². The quantitative estimate of drug-likeness (QED) is 0.280. The van der Waals surface area contributed by atoms with Gasteiger partial charge < -0.3 is 25.2 Å². The van der Waals surface area contributed by atoms with Gasteiger partial charge in [0, 0.05) is 11.1 Å². The summed E-state index contributed by atoms with van der Waals surface area (Å²) >= 11 is 6.62. The fourth-order valence-corrected chi connectivity index (χ4v) is 4.09. The lowest BCUT2D eigenvalue weighted by Gasteiger charge is -2.16. The Morgan fingerprint density at radius 3 is 2.45 bits per heavy atom. The number of carbonyl (C=O) groups is 3. The fraction of sp³-hybridized carbons (Fsp3) is 0.143. The Labute approximate surface area is 223 Å². The first-order valence-corrected chi connectivity index (χ1v) is 11.9. The summed E-state index contributed by atoms with van der Waals surface area (Å²) in [5.41, 5.74) is 2.16. The number of carboxylic acid groups (broad SMARTS) is 1. The average Bonchev–Trinajstić information content (AvgIpc) is 2.92. The van der Waals surface area contributed by atoms with Gasteiger partial charge in [-0.25, -0.2) is 9.78 Å². The maximum Gasteiger partial charge on any atom is 0.336 e. The number of carboxylic acids is 1. The highest BCUT2D eigenvalue weighted by atomic mass is 35.5. The molecule has 0 bridgehead atoms. The lowest BCUT2D eigenvalue weighted by molar-refractivity contribution is -0.115. The van der Waals surface area contributed by atoms with Crippen LogP contribution in [0.5, 0.6) is 11.5 Å². The molecule has 0 aliphatic carbocycles. The van der Waals surface area contributed by atoms with Crippen molar-refractivity contribution in [2.75, 3.05) is 19.0 Å². The third kappa shape index (κ3) is 5.84. The van der Waals surface area contributed by atoms with E-state index in [1.54, 1.807) is 12.1 Å². The number of hydrogen-bond acceptors (Lipinski definition) is 6. The SMILES string of the molecule is COc1ccc(NC(=O)CNC(=O)c2ccccc2C(=O)O)c(Cl)c1COc1cccc2ccc(C)nc12. The van der Waals surface area contributed by atoms with Crippen LogP contribution < -0.4 is 20.1 Å². The number of fused-ring (bicyclic) bond motifs is 1. The number of aromatic carboxylic acids is 1. The topological polar surface area (TPSA) is 127 Å². The molecule has 0 aliphatic heterocycles. The fourth-order valence-electron chi connectivity index (χ4n) is 3.83. The van der Waals surface area contributed by atoms with Crippen molar-refractivity contribution in [1.29, 1.82) is 0 Å². The molecule has 0 saturated carbocycles. The number of amides is 2. The van der Waals surface area contributed by atoms with Gasteiger partial charge in [0.05, 0.1) is 41.1 Å². The molecule has 194 valence electrons. The first kappa shape index (κ1) is 26.4. The Balaban J connectivity index is 1.47. The van der Waals surface area contributed by atoms with E-state index in [4.69, 9.17) is 21.1 Å². The van der Waals surface area contributed by atoms with Gasteiger partial charge in [-0.05, 0) is 43.3 Å². The van der Waals surface area contributed by atoms with Crippen LogP contribution in [0.2, 0.25) is 5.02 Å². The zero-order valence-electron chi connectivity index (χ0n) is 20.6. The number of nitrogens with zero attached hydrogens (tertiary/aromatic N) is 1. The van der Waals surface area contributed by atoms with Crippen molar-refractivity contribution >= 4 is 46.0 Å². The van der Waals surface area contributed by atoms with Crippen LogP contribution in [0, 0.1) is 6.92 Å². The van der Waals surface area contributed by atoms with E-state index in [2.05, 4.69) is 15.6 Å². The highest BCUT2D eigenvalue weighted by molar-refractivity contribution is 6.34. The number of benzene rings is 3. The Morgan fingerprint density at radius 2 is 1.71 bits per heavy atom. The minimum absolute atomic E-state index is 0.0448. The van der Waals surface area contributed by atoms with E-state index < -0.39 is 24.3 Å². The molecule has 4 rings (SSSR count). The average molecular weight is 534 g/mol. The number of methoxy groups -OCH3 is 1. The number of aromatic nitrogens is 1. The van der Waals surface area contributed by atoms with Crippen molar-refractivity contribution in [2.24, 2.45) is 0 Å². The Bertz CT molecular complexity index is 1540. The molecule has 2 amide bonds. The Hall–Kier alpha value is -4.63. The van der Waals surface area contributed by atoms with Crippen LogP contribution in [0.4, 0.5) is 5.69 Å². The lowest BCUT2D eigenvalue weighted by Crippen LogP contribution is -2.33. The molecule has 0 saturated heterocycles. The zero-order valence-corrected chi connectivity index (χ0v) is 21.3. The van der Waals surface area contributed by atoms with Gasteiger partial charge in [0.1, 0.15) is 23.6 Å². The second-order valence-corrected chi connectivity index (χ2v) is 8.64. The van der Waals surface area contributed by atoms with Crippen molar-refractivity contribution in [2.45, 2.75) is 13.5 Å². The van der Waals surface area contributed by atoms with E-state index in [0.717, 1.165) is 11.1 Å². The molecule has 0 spiro atoms. The second-order valence-electron chi connectivity index (χ2n) is 8.26. The summed E-state index contributed by atoms with van der Waals surface area (Å²) in [6.45, 7) is 1.54. The van der Waals surface area contributed by atoms with Crippen LogP contribution in [-0.4, -0.2) is 41.5 Å². The van der Waals surface area contributed by atoms with Gasteiger partial charge in [0.15, 0.2) is 0 Å². The number of anilines is 1. The molecule has 0 atom stereocenters. The van der Waals surface area contributed by atoms with Crippen LogP contribution in [0.25, 0.3) is 10.9 Å². The van der Waals surface area contributed by atoms with E-state index in [-0.39, 0.29) is 22.8 Å². The molecular weight excluding hydrogens is 510 g/mol. The van der Waals surface area contributed by atoms with Crippen molar-refractivity contribution in [3.8, 4) is 11.5 Å². The van der Waals surface area contributed by atoms with Gasteiger partial charge in [0.2, 0.25) is 5.91 Å². The first-order valence-electron chi connectivity index (χ1n) is 11.5. The van der Waals surface area contributed by atoms with Crippen molar-refractivity contribution in [1.82, 2.24) is 10.3 Å². The minimum Gasteiger partial charge on any atom is -0.496 e. The highest BCUT2D eigenvalue weighted by Gasteiger charge is 2.18. The van der Waals surface area contributed by atoms with E-state index in [9.17, 15) is 19.5 Å². The molecule has 4 aromatic rings. The van der Waals surface area contributed by atoms with Gasteiger partial charge in [-0.1, -0.05) is 41.9 Å². The molecule has 0 fully saturated rings. The largest absolute Gasteiger partial charge is 0.496 e. The zero-order chi connectivity index (χ0) is 27.2. The van der Waals surface area contributed by atoms with Gasteiger partial charge >= 0.3 is 5.97 Å². The standard InChI is InChI=1S/C28H24ClN3O6/c1-16-10-11-17-6-5-9-23(26(17)31-16)38-15-20-22(37-2)13-12-21(25(20)29)32-24(33)14-30-27(34)18-7-3-4-8-19(18)28(35)36/h3-13H,14-15H2,1-2H3,(H,30,34)(H,32,33)(H,35,36). The molecule has 3 aromatic carbocycles. The molecule has 0 unspecified atom stereocenters. The molecule has 0 radical (unpaired) electrons. The van der Waals surface area contributed by atoms with Crippen LogP contribution in [0.3, 0.4) is 0 Å². The maximum absolute atomic E-state index is 12.6. The Kier molecular flexibility index (Phi) is 8.08. The second kappa shape index (κ2) is 11.6. The number of nitrogens with one attached hydrogen (secondary N) is 2. The molecule has 1 aromatic heterocycles. The highest BCUT2D eigenvalue weighted by Crippen LogP contribution is 2.35. The normalized spacial score (nSPS) is 10.6. The van der Waals surface area contributed by atoms with Crippen LogP contribution in [-0.2, 0) is 11.4 Å². The van der Waals surface area contributed by atoms with Gasteiger partial charge in [-0.3, -0.25) is 9.59 Å². The molecule has 1 heterocycles. The predicted octanol–water partition coefficient (Wildman–Crippen LogP) is 4.85. The first-order chi connectivity index (χ1) is 18.3. The van der Waals surface area contributed by atoms with E-state index in [0.29, 0.717) is 28.3 Å². The lowest BCUT2D eigenvalue weighted by atomic mass is 10.1. The van der Waals surface area contributed by atoms with Crippen molar-refractivity contribution in [3.05, 3.63) is 94.1 Å². The summed E-state index contributed by atoms with van der Waals surface area (Å²) in [5.74, 6) is -1.45. The summed E-state index contributed by atoms with van der Waals surface area (Å²) in [4.78, 5) is 40.9. The summed E-state index contributed by atoms with van der Waals surface area (Å²) in [6.07, 6.45) is 0. The Morgan fingerprint density at radius 1 is 0.947 bits per heavy atom. The summed E-state index contributed by atoms with van der Waals surface area (Å²) < 4.78 is 11.5. The summed E-state index contributed by atoms with van der Waals surface area (Å²) in [5, 5.41) is 15.5. The van der Waals surface area contributed by atoms with E-state index >= 15 is 0 Å². The molecule has 3 N–H and O–H groups in total. The number of carbonyl (C=O) groups excluding carboxylic acids is 2. The van der Waals surface area contributed by atoms with Gasteiger partial charge in [-0.15, -0.1) is 0 Å². The number of hydrogen-bond donors (Lipinski definition) is 3. The van der Waals surface area contributed by atoms with Crippen molar-refractivity contribution < 1.29 is 29.0 Å². The maximum atomic E-state index is 12.6. The predicted molar refractivity (Wildman–Crippen MR) is 143 cm³/mol. The minimum atomic E-state index is -1.24. The van der Waals surface area contributed by atoms with Gasteiger partial charge in [-0.2, -0.15) is 0 Å². The number of pyridine rings is 1. The third-order valence-electron chi connectivity index (χ3n) is 5.70. The molecular formula is C28H24ClN3O6. The van der Waals surface area contributed by atoms with E-state index in [1.165, 1.54) is 31.4 Å². The van der Waals surface area contributed by atoms with Crippen LogP contribution in [0.1, 0.15) is 32.0 Å². The third-order valence-corrected chi connectivity index (χ3v) is 6.13. The van der Waals surface area contributed by atoms with Gasteiger partial charge in [0.25, 0.3) is 5.91 Å². The molecule has 10 heteroatoms. The number of para-hydroxylation sites is 1. The molecule has 0 aliphatic rings. The smallest absolute Gasteiger partial charge is 0.336 e. The summed E-state index contributed by atoms with van der Waals surface area (Å²) in [6, 6.07) is 18.5. The number of ether oxygens (including phenoxy) is 2. The number of rotatable bonds is 9. The van der Waals surface area contributed by atoms with Crippen LogP contribution >= 0.6 is 11.6 Å². The monoisotopic (exact) mass is 533 g/mol.